The molecule has 0 aliphatic rings. The highest BCUT2D eigenvalue weighted by atomic mass is 16.5. The molecule has 0 aromatic heterocycles. The van der Waals surface area contributed by atoms with E-state index in [0.717, 1.165) is 53.0 Å². The molecular weight excluding hydrogens is 474 g/mol. The molecule has 0 heterocycles. The Morgan fingerprint density at radius 1 is 0.816 bits per heavy atom. The number of aromatic carboxylic acids is 1. The molecule has 0 spiro atoms. The Hall–Kier alpha value is -3.93. The Bertz CT molecular complexity index is 1320. The van der Waals surface area contributed by atoms with Gasteiger partial charge in [0.15, 0.2) is 0 Å². The molecule has 2 N–H and O–H groups in total. The van der Waals surface area contributed by atoms with Crippen LogP contribution in [0.3, 0.4) is 0 Å². The molecule has 5 heteroatoms. The van der Waals surface area contributed by atoms with E-state index in [0.29, 0.717) is 13.0 Å². The van der Waals surface area contributed by atoms with Gasteiger partial charge in [0.25, 0.3) is 0 Å². The first-order valence-electron chi connectivity index (χ1n) is 12.9. The van der Waals surface area contributed by atoms with Crippen molar-refractivity contribution in [3.63, 3.8) is 0 Å². The van der Waals surface area contributed by atoms with Crippen LogP contribution in [0.5, 0.6) is 5.75 Å². The Kier molecular flexibility index (Phi) is 8.95. The summed E-state index contributed by atoms with van der Waals surface area (Å²) in [4.78, 5) is 13.2. The number of carbonyl (C=O) groups is 1. The quantitative estimate of drug-likeness (QED) is 0.236. The average molecular weight is 510 g/mol. The lowest BCUT2D eigenvalue weighted by Gasteiger charge is -2.30. The van der Waals surface area contributed by atoms with Gasteiger partial charge in [-0.05, 0) is 85.6 Å². The third-order valence-corrected chi connectivity index (χ3v) is 6.78. The zero-order chi connectivity index (χ0) is 27.0. The van der Waals surface area contributed by atoms with Crippen molar-refractivity contribution in [3.8, 4) is 16.9 Å². The number of aliphatic hydroxyl groups is 1. The molecule has 0 aliphatic heterocycles. The molecule has 0 fully saturated rings. The van der Waals surface area contributed by atoms with E-state index in [1.165, 1.54) is 0 Å². The molecule has 38 heavy (non-hydrogen) atoms. The summed E-state index contributed by atoms with van der Waals surface area (Å²) in [6, 6.07) is 32.7. The summed E-state index contributed by atoms with van der Waals surface area (Å²) in [6.07, 6.45) is 2.24. The summed E-state index contributed by atoms with van der Waals surface area (Å²) in [5.74, 6) is -0.164. The molecule has 4 aromatic rings. The van der Waals surface area contributed by atoms with Gasteiger partial charge in [0, 0.05) is 6.42 Å². The normalized spacial score (nSPS) is 12.7. The van der Waals surface area contributed by atoms with Crippen molar-refractivity contribution in [3.05, 3.63) is 125 Å². The predicted molar refractivity (Wildman–Crippen MR) is 152 cm³/mol. The fourth-order valence-corrected chi connectivity index (χ4v) is 4.65. The summed E-state index contributed by atoms with van der Waals surface area (Å²) in [5.41, 5.74) is 4.13. The first-order chi connectivity index (χ1) is 18.3. The minimum absolute atomic E-state index is 0.278. The van der Waals surface area contributed by atoms with Crippen LogP contribution in [-0.2, 0) is 12.0 Å². The van der Waals surface area contributed by atoms with E-state index in [4.69, 9.17) is 9.84 Å². The van der Waals surface area contributed by atoms with Gasteiger partial charge in [0.1, 0.15) is 11.4 Å². The van der Waals surface area contributed by atoms with Crippen molar-refractivity contribution >= 4 is 5.97 Å². The molecule has 0 radical (unpaired) electrons. The summed E-state index contributed by atoms with van der Waals surface area (Å²) >= 11 is 0. The minimum Gasteiger partial charge on any atom is -0.493 e. The summed E-state index contributed by atoms with van der Waals surface area (Å²) in [6.45, 7) is 1.43. The minimum atomic E-state index is -1.06. The number of rotatable bonds is 12. The van der Waals surface area contributed by atoms with Crippen LogP contribution in [0.1, 0.15) is 39.9 Å². The van der Waals surface area contributed by atoms with Crippen LogP contribution in [0.25, 0.3) is 11.1 Å². The van der Waals surface area contributed by atoms with E-state index in [-0.39, 0.29) is 5.56 Å². The molecule has 0 amide bonds. The van der Waals surface area contributed by atoms with Crippen LogP contribution in [0, 0.1) is 0 Å². The largest absolute Gasteiger partial charge is 0.493 e. The van der Waals surface area contributed by atoms with Crippen molar-refractivity contribution in [2.75, 3.05) is 27.2 Å². The molecule has 0 aliphatic carbocycles. The fourth-order valence-electron chi connectivity index (χ4n) is 4.65. The van der Waals surface area contributed by atoms with Crippen LogP contribution in [0.15, 0.2) is 103 Å². The van der Waals surface area contributed by atoms with Gasteiger partial charge in [0.05, 0.1) is 12.2 Å². The molecule has 4 rings (SSSR count). The van der Waals surface area contributed by atoms with Crippen LogP contribution < -0.4 is 4.74 Å². The van der Waals surface area contributed by atoms with E-state index in [9.17, 15) is 9.90 Å². The summed E-state index contributed by atoms with van der Waals surface area (Å²) < 4.78 is 6.03. The van der Waals surface area contributed by atoms with E-state index < -0.39 is 11.6 Å². The van der Waals surface area contributed by atoms with Crippen molar-refractivity contribution < 1.29 is 19.7 Å². The molecular formula is C33H35NO4. The van der Waals surface area contributed by atoms with Crippen LogP contribution in [0.2, 0.25) is 0 Å². The van der Waals surface area contributed by atoms with Crippen molar-refractivity contribution in [1.29, 1.82) is 0 Å². The van der Waals surface area contributed by atoms with Gasteiger partial charge in [-0.15, -0.1) is 0 Å². The second-order valence-electron chi connectivity index (χ2n) is 9.84. The maximum absolute atomic E-state index is 11.8. The second kappa shape index (κ2) is 12.5. The number of ether oxygens (including phenoxy) is 1. The van der Waals surface area contributed by atoms with Crippen molar-refractivity contribution in [2.24, 2.45) is 0 Å². The highest BCUT2D eigenvalue weighted by Gasteiger charge is 2.31. The second-order valence-corrected chi connectivity index (χ2v) is 9.84. The maximum atomic E-state index is 11.8. The third kappa shape index (κ3) is 6.88. The van der Waals surface area contributed by atoms with E-state index in [1.54, 1.807) is 12.1 Å². The number of hydrogen-bond acceptors (Lipinski definition) is 4. The van der Waals surface area contributed by atoms with Crippen LogP contribution in [0.4, 0.5) is 0 Å². The van der Waals surface area contributed by atoms with Gasteiger partial charge < -0.3 is 19.8 Å². The Morgan fingerprint density at radius 3 is 2.16 bits per heavy atom. The van der Waals surface area contributed by atoms with Crippen molar-refractivity contribution in [1.82, 2.24) is 4.90 Å². The molecule has 196 valence electrons. The molecule has 1 atom stereocenters. The number of carboxylic acids is 1. The number of hydrogen-bond donors (Lipinski definition) is 2. The van der Waals surface area contributed by atoms with Crippen LogP contribution >= 0.6 is 0 Å². The van der Waals surface area contributed by atoms with Gasteiger partial charge in [0.2, 0.25) is 0 Å². The van der Waals surface area contributed by atoms with E-state index in [1.807, 2.05) is 93.0 Å². The predicted octanol–water partition coefficient (Wildman–Crippen LogP) is 6.25. The highest BCUT2D eigenvalue weighted by Crippen LogP contribution is 2.35. The van der Waals surface area contributed by atoms with Gasteiger partial charge in [-0.2, -0.15) is 0 Å². The Labute approximate surface area is 225 Å². The first kappa shape index (κ1) is 27.1. The lowest BCUT2D eigenvalue weighted by Crippen LogP contribution is -2.28. The number of carboxylic acid groups (broad SMARTS) is 1. The SMILES string of the molecule is CN(C)CCCC(O)(c1ccccc1)c1ccc(OCCc2cccc(-c3ccc(C(=O)O)cc3)c2)cc1. The molecule has 0 bridgehead atoms. The molecule has 1 unspecified atom stereocenters. The summed E-state index contributed by atoms with van der Waals surface area (Å²) in [7, 11) is 4.09. The zero-order valence-electron chi connectivity index (χ0n) is 22.0. The summed E-state index contributed by atoms with van der Waals surface area (Å²) in [5, 5.41) is 20.9. The van der Waals surface area contributed by atoms with Gasteiger partial charge >= 0.3 is 5.97 Å². The molecule has 5 nitrogen and oxygen atoms in total. The van der Waals surface area contributed by atoms with Gasteiger partial charge in [-0.25, -0.2) is 4.79 Å². The Balaban J connectivity index is 1.39. The third-order valence-electron chi connectivity index (χ3n) is 6.78. The molecule has 0 saturated carbocycles. The monoisotopic (exact) mass is 509 g/mol. The standard InChI is InChI=1S/C33H35NO4/c1-34(2)22-7-21-33(37,29-10-4-3-5-11-29)30-16-18-31(19-17-30)38-23-20-25-8-6-9-28(24-25)26-12-14-27(15-13-26)32(35)36/h3-6,8-19,24,37H,7,20-23H2,1-2H3,(H,35,36). The topological polar surface area (TPSA) is 70.0 Å². The van der Waals surface area contributed by atoms with Gasteiger partial charge in [-0.1, -0.05) is 78.9 Å². The smallest absolute Gasteiger partial charge is 0.335 e. The van der Waals surface area contributed by atoms with E-state index >= 15 is 0 Å². The fraction of sp³-hybridized carbons (Fsp3) is 0.242. The maximum Gasteiger partial charge on any atom is 0.335 e. The first-order valence-corrected chi connectivity index (χ1v) is 12.9. The van der Waals surface area contributed by atoms with Gasteiger partial charge in [-0.3, -0.25) is 0 Å². The highest BCUT2D eigenvalue weighted by molar-refractivity contribution is 5.88. The number of nitrogens with zero attached hydrogens (tertiary/aromatic N) is 1. The van der Waals surface area contributed by atoms with E-state index in [2.05, 4.69) is 17.0 Å². The molecule has 4 aromatic carbocycles. The number of benzene rings is 4. The van der Waals surface area contributed by atoms with Crippen molar-refractivity contribution in [2.45, 2.75) is 24.9 Å². The molecule has 0 saturated heterocycles. The Morgan fingerprint density at radius 2 is 1.50 bits per heavy atom. The lowest BCUT2D eigenvalue weighted by molar-refractivity contribution is 0.0663. The zero-order valence-corrected chi connectivity index (χ0v) is 22.0. The average Bonchev–Trinajstić information content (AvgIpc) is 2.94. The van der Waals surface area contributed by atoms with Crippen LogP contribution in [-0.4, -0.2) is 48.3 Å². The lowest BCUT2D eigenvalue weighted by atomic mass is 9.82.